The summed E-state index contributed by atoms with van der Waals surface area (Å²) in [5, 5.41) is 9.77. The molecule has 3 aromatic carbocycles. The standard InChI is InChI=1S/C24H14Cl2N2O3/c25-17-9-6-14(7-10-17)21-20(22(29)15-4-2-1-3-5-15)23(30)24(31)28(21)18-11-8-16(13-27)19(26)12-18/h1-12,20-21H. The Balaban J connectivity index is 1.87. The summed E-state index contributed by atoms with van der Waals surface area (Å²) in [5.41, 5.74) is 1.49. The number of benzene rings is 3. The molecule has 152 valence electrons. The molecule has 3 aromatic rings. The van der Waals surface area contributed by atoms with Crippen molar-refractivity contribution in [1.29, 1.82) is 5.26 Å². The summed E-state index contributed by atoms with van der Waals surface area (Å²) in [5.74, 6) is -3.28. The maximum atomic E-state index is 13.3. The van der Waals surface area contributed by atoms with Gasteiger partial charge >= 0.3 is 0 Å². The van der Waals surface area contributed by atoms with Gasteiger partial charge in [-0.25, -0.2) is 0 Å². The third-order valence-corrected chi connectivity index (χ3v) is 5.77. The van der Waals surface area contributed by atoms with E-state index in [0.717, 1.165) is 0 Å². The van der Waals surface area contributed by atoms with Crippen LogP contribution < -0.4 is 4.90 Å². The quantitative estimate of drug-likeness (QED) is 0.318. The molecular formula is C24H14Cl2N2O3. The fraction of sp³-hybridized carbons (Fsp3) is 0.0833. The van der Waals surface area contributed by atoms with Crippen LogP contribution in [0, 0.1) is 17.2 Å². The molecule has 1 fully saturated rings. The van der Waals surface area contributed by atoms with Crippen molar-refractivity contribution in [2.45, 2.75) is 6.04 Å². The minimum atomic E-state index is -1.23. The van der Waals surface area contributed by atoms with Crippen LogP contribution in [-0.2, 0) is 9.59 Å². The molecule has 2 atom stereocenters. The molecule has 1 aliphatic heterocycles. The molecule has 31 heavy (non-hydrogen) atoms. The molecule has 1 amide bonds. The Kier molecular flexibility index (Phi) is 5.60. The predicted octanol–water partition coefficient (Wildman–Crippen LogP) is 5.02. The highest BCUT2D eigenvalue weighted by Gasteiger charge is 2.52. The number of anilines is 1. The monoisotopic (exact) mass is 448 g/mol. The van der Waals surface area contributed by atoms with E-state index in [1.54, 1.807) is 54.6 Å². The topological polar surface area (TPSA) is 78.2 Å². The molecule has 0 radical (unpaired) electrons. The van der Waals surface area contributed by atoms with E-state index in [1.807, 2.05) is 6.07 Å². The van der Waals surface area contributed by atoms with Gasteiger partial charge in [-0.2, -0.15) is 5.26 Å². The van der Waals surface area contributed by atoms with Crippen molar-refractivity contribution in [2.24, 2.45) is 5.92 Å². The molecule has 0 N–H and O–H groups in total. The Hall–Kier alpha value is -3.46. The summed E-state index contributed by atoms with van der Waals surface area (Å²) in [4.78, 5) is 40.7. The maximum absolute atomic E-state index is 13.3. The van der Waals surface area contributed by atoms with Crippen LogP contribution in [0.5, 0.6) is 0 Å². The Morgan fingerprint density at radius 1 is 0.935 bits per heavy atom. The first-order chi connectivity index (χ1) is 14.9. The fourth-order valence-corrected chi connectivity index (χ4v) is 4.08. The van der Waals surface area contributed by atoms with Gasteiger partial charge in [0.25, 0.3) is 5.91 Å². The van der Waals surface area contributed by atoms with Crippen LogP contribution in [-0.4, -0.2) is 17.5 Å². The largest absolute Gasteiger partial charge is 0.297 e. The number of ketones is 2. The Labute approximate surface area is 188 Å². The highest BCUT2D eigenvalue weighted by molar-refractivity contribution is 6.49. The van der Waals surface area contributed by atoms with Crippen molar-refractivity contribution in [1.82, 2.24) is 0 Å². The van der Waals surface area contributed by atoms with Gasteiger partial charge in [0.1, 0.15) is 12.0 Å². The van der Waals surface area contributed by atoms with Crippen LogP contribution in [0.3, 0.4) is 0 Å². The van der Waals surface area contributed by atoms with Crippen molar-refractivity contribution in [3.8, 4) is 6.07 Å². The Bertz CT molecular complexity index is 1230. The molecule has 0 spiro atoms. The number of carbonyl (C=O) groups is 3. The predicted molar refractivity (Wildman–Crippen MR) is 117 cm³/mol. The third-order valence-electron chi connectivity index (χ3n) is 5.21. The molecule has 0 aromatic heterocycles. The summed E-state index contributed by atoms with van der Waals surface area (Å²) < 4.78 is 0. The van der Waals surface area contributed by atoms with E-state index in [9.17, 15) is 14.4 Å². The normalized spacial score (nSPS) is 18.2. The summed E-state index contributed by atoms with van der Waals surface area (Å²) in [6.45, 7) is 0. The maximum Gasteiger partial charge on any atom is 0.295 e. The van der Waals surface area contributed by atoms with E-state index in [4.69, 9.17) is 28.5 Å². The molecule has 0 aliphatic carbocycles. The molecule has 0 bridgehead atoms. The summed E-state index contributed by atoms with van der Waals surface area (Å²) in [7, 11) is 0. The van der Waals surface area contributed by atoms with Gasteiger partial charge in [0.2, 0.25) is 5.78 Å². The first-order valence-electron chi connectivity index (χ1n) is 9.34. The number of hydrogen-bond donors (Lipinski definition) is 0. The fourth-order valence-electron chi connectivity index (χ4n) is 3.74. The molecule has 1 saturated heterocycles. The lowest BCUT2D eigenvalue weighted by Crippen LogP contribution is -2.30. The number of nitriles is 1. The van der Waals surface area contributed by atoms with Crippen LogP contribution in [0.1, 0.15) is 27.5 Å². The summed E-state index contributed by atoms with van der Waals surface area (Å²) in [6, 6.07) is 20.6. The van der Waals surface area contributed by atoms with Gasteiger partial charge < -0.3 is 0 Å². The molecule has 1 aliphatic rings. The van der Waals surface area contributed by atoms with Gasteiger partial charge in [0, 0.05) is 16.3 Å². The minimum absolute atomic E-state index is 0.146. The second kappa shape index (κ2) is 8.35. The second-order valence-corrected chi connectivity index (χ2v) is 7.86. The zero-order valence-corrected chi connectivity index (χ0v) is 17.5. The van der Waals surface area contributed by atoms with E-state index >= 15 is 0 Å². The van der Waals surface area contributed by atoms with Crippen LogP contribution in [0.15, 0.2) is 72.8 Å². The number of rotatable bonds is 4. The summed E-state index contributed by atoms with van der Waals surface area (Å²) >= 11 is 12.2. The van der Waals surface area contributed by atoms with Crippen molar-refractivity contribution in [2.75, 3.05) is 4.90 Å². The van der Waals surface area contributed by atoms with E-state index in [2.05, 4.69) is 0 Å². The number of hydrogen-bond acceptors (Lipinski definition) is 4. The van der Waals surface area contributed by atoms with Crippen molar-refractivity contribution >= 4 is 46.4 Å². The lowest BCUT2D eigenvalue weighted by atomic mass is 9.86. The van der Waals surface area contributed by atoms with Gasteiger partial charge in [-0.1, -0.05) is 65.7 Å². The van der Waals surface area contributed by atoms with E-state index in [1.165, 1.54) is 23.1 Å². The lowest BCUT2D eigenvalue weighted by Gasteiger charge is -2.27. The van der Waals surface area contributed by atoms with Crippen LogP contribution in [0.4, 0.5) is 5.69 Å². The van der Waals surface area contributed by atoms with Crippen LogP contribution in [0.2, 0.25) is 10.0 Å². The number of carbonyl (C=O) groups excluding carboxylic acids is 3. The SMILES string of the molecule is N#Cc1ccc(N2C(=O)C(=O)C(C(=O)c3ccccc3)C2c2ccc(Cl)cc2)cc1Cl. The van der Waals surface area contributed by atoms with E-state index < -0.39 is 29.4 Å². The summed E-state index contributed by atoms with van der Waals surface area (Å²) in [6.07, 6.45) is 0. The van der Waals surface area contributed by atoms with E-state index in [-0.39, 0.29) is 10.6 Å². The Morgan fingerprint density at radius 3 is 2.23 bits per heavy atom. The number of Topliss-reactive ketones (excluding diaryl/α,β-unsaturated/α-hetero) is 2. The lowest BCUT2D eigenvalue weighted by molar-refractivity contribution is -0.135. The van der Waals surface area contributed by atoms with Crippen LogP contribution in [0.25, 0.3) is 0 Å². The molecule has 7 heteroatoms. The smallest absolute Gasteiger partial charge is 0.295 e. The third kappa shape index (κ3) is 3.72. The zero-order chi connectivity index (χ0) is 22.1. The van der Waals surface area contributed by atoms with Crippen molar-refractivity contribution < 1.29 is 14.4 Å². The van der Waals surface area contributed by atoms with Crippen molar-refractivity contribution in [3.63, 3.8) is 0 Å². The molecule has 5 nitrogen and oxygen atoms in total. The Morgan fingerprint density at radius 2 is 1.61 bits per heavy atom. The van der Waals surface area contributed by atoms with Crippen molar-refractivity contribution in [3.05, 3.63) is 99.5 Å². The van der Waals surface area contributed by atoms with Crippen LogP contribution >= 0.6 is 23.2 Å². The number of nitrogens with zero attached hydrogens (tertiary/aromatic N) is 2. The van der Waals surface area contributed by atoms with Gasteiger partial charge in [0.05, 0.1) is 16.6 Å². The number of amides is 1. The first kappa shape index (κ1) is 20.8. The van der Waals surface area contributed by atoms with Gasteiger partial charge in [-0.05, 0) is 35.9 Å². The molecule has 1 heterocycles. The van der Waals surface area contributed by atoms with Gasteiger partial charge in [0.15, 0.2) is 5.78 Å². The number of halogens is 2. The van der Waals surface area contributed by atoms with Gasteiger partial charge in [-0.15, -0.1) is 0 Å². The molecule has 4 rings (SSSR count). The second-order valence-electron chi connectivity index (χ2n) is 7.02. The molecule has 2 unspecified atom stereocenters. The highest BCUT2D eigenvalue weighted by Crippen LogP contribution is 2.42. The minimum Gasteiger partial charge on any atom is -0.297 e. The first-order valence-corrected chi connectivity index (χ1v) is 10.1. The van der Waals surface area contributed by atoms with Gasteiger partial charge in [-0.3, -0.25) is 19.3 Å². The zero-order valence-electron chi connectivity index (χ0n) is 16.0. The highest BCUT2D eigenvalue weighted by atomic mass is 35.5. The van der Waals surface area contributed by atoms with E-state index in [0.29, 0.717) is 21.8 Å². The molecular weight excluding hydrogens is 435 g/mol. The molecule has 0 saturated carbocycles. The average Bonchev–Trinajstić information content (AvgIpc) is 3.05. The average molecular weight is 449 g/mol.